The van der Waals surface area contributed by atoms with E-state index in [-0.39, 0.29) is 66.7 Å². The Labute approximate surface area is 181 Å². The highest BCUT2D eigenvalue weighted by Crippen LogP contribution is 2.37. The van der Waals surface area contributed by atoms with Crippen molar-refractivity contribution in [3.8, 4) is 0 Å². The maximum atomic E-state index is 13.0. The van der Waals surface area contributed by atoms with E-state index in [4.69, 9.17) is 4.74 Å². The third kappa shape index (κ3) is 3.65. The topological polar surface area (TPSA) is 87.2 Å². The van der Waals surface area contributed by atoms with Crippen molar-refractivity contribution < 1.29 is 23.9 Å². The molecule has 0 aromatic rings. The molecular weight excluding hydrogens is 398 g/mol. The molecule has 31 heavy (non-hydrogen) atoms. The van der Waals surface area contributed by atoms with E-state index in [2.05, 4.69) is 0 Å². The van der Waals surface area contributed by atoms with Gasteiger partial charge in [0.15, 0.2) is 0 Å². The van der Waals surface area contributed by atoms with E-state index < -0.39 is 0 Å². The Kier molecular flexibility index (Phi) is 5.52. The van der Waals surface area contributed by atoms with Gasteiger partial charge in [-0.2, -0.15) is 0 Å². The molecule has 5 rings (SSSR count). The van der Waals surface area contributed by atoms with Crippen molar-refractivity contribution >= 4 is 23.6 Å². The predicted molar refractivity (Wildman–Crippen MR) is 110 cm³/mol. The van der Waals surface area contributed by atoms with E-state index in [0.29, 0.717) is 38.8 Å². The SMILES string of the molecule is O=C1C2CC=CCC2C(=O)N1CN(CC1CCCO1)CN1C(=O)C2CC=CCC2C1=O. The van der Waals surface area contributed by atoms with E-state index >= 15 is 0 Å². The number of allylic oxidation sites excluding steroid dienone is 4. The van der Waals surface area contributed by atoms with Crippen LogP contribution in [0.3, 0.4) is 0 Å². The van der Waals surface area contributed by atoms with Crippen LogP contribution in [0.25, 0.3) is 0 Å². The number of nitrogens with zero attached hydrogens (tertiary/aromatic N) is 3. The maximum Gasteiger partial charge on any atom is 0.234 e. The van der Waals surface area contributed by atoms with Crippen LogP contribution in [0.1, 0.15) is 38.5 Å². The summed E-state index contributed by atoms with van der Waals surface area (Å²) < 4.78 is 5.77. The first-order valence-corrected chi connectivity index (χ1v) is 11.4. The van der Waals surface area contributed by atoms with Crippen LogP contribution in [0.5, 0.6) is 0 Å². The predicted octanol–water partition coefficient (Wildman–Crippen LogP) is 1.28. The Morgan fingerprint density at radius 2 is 1.16 bits per heavy atom. The zero-order valence-corrected chi connectivity index (χ0v) is 17.7. The van der Waals surface area contributed by atoms with Crippen molar-refractivity contribution in [3.05, 3.63) is 24.3 Å². The normalized spacial score (nSPS) is 34.9. The second-order valence-electron chi connectivity index (χ2n) is 9.29. The molecule has 0 aromatic heterocycles. The third-order valence-electron chi connectivity index (χ3n) is 7.37. The standard InChI is InChI=1S/C23H29N3O5/c27-20-16-7-1-2-8-17(16)21(28)25(20)13-24(12-15-6-5-11-31-15)14-26-22(29)18-9-3-4-10-19(18)23(26)30/h1-4,15-19H,5-14H2. The van der Waals surface area contributed by atoms with Gasteiger partial charge in [0.05, 0.1) is 43.1 Å². The molecular formula is C23H29N3O5. The molecule has 3 aliphatic heterocycles. The van der Waals surface area contributed by atoms with Gasteiger partial charge in [-0.15, -0.1) is 0 Å². The van der Waals surface area contributed by atoms with Crippen molar-refractivity contribution in [2.24, 2.45) is 23.7 Å². The number of ether oxygens (including phenoxy) is 1. The van der Waals surface area contributed by atoms with Crippen molar-refractivity contribution in [2.45, 2.75) is 44.6 Å². The summed E-state index contributed by atoms with van der Waals surface area (Å²) in [5, 5.41) is 0. The monoisotopic (exact) mass is 427 g/mol. The van der Waals surface area contributed by atoms with Crippen LogP contribution >= 0.6 is 0 Å². The summed E-state index contributed by atoms with van der Waals surface area (Å²) in [6, 6.07) is 0. The highest BCUT2D eigenvalue weighted by molar-refractivity contribution is 6.06. The number of likely N-dealkylation sites (tertiary alicyclic amines) is 2. The minimum atomic E-state index is -0.286. The third-order valence-corrected chi connectivity index (χ3v) is 7.37. The van der Waals surface area contributed by atoms with Crippen LogP contribution in [0.4, 0.5) is 0 Å². The van der Waals surface area contributed by atoms with Gasteiger partial charge in [0.25, 0.3) is 0 Å². The number of carbonyl (C=O) groups excluding carboxylic acids is 4. The van der Waals surface area contributed by atoms with Gasteiger partial charge in [-0.05, 0) is 38.5 Å². The second kappa shape index (κ2) is 8.31. The summed E-state index contributed by atoms with van der Waals surface area (Å²) in [4.78, 5) is 56.3. The minimum absolute atomic E-state index is 0.0199. The number of rotatable bonds is 6. The molecule has 0 spiro atoms. The summed E-state index contributed by atoms with van der Waals surface area (Å²) >= 11 is 0. The van der Waals surface area contributed by atoms with Gasteiger partial charge in [0.1, 0.15) is 0 Å². The zero-order chi connectivity index (χ0) is 21.5. The number of imide groups is 2. The first-order valence-electron chi connectivity index (χ1n) is 11.4. The van der Waals surface area contributed by atoms with Crippen LogP contribution in [-0.2, 0) is 23.9 Å². The average Bonchev–Trinajstić information content (AvgIpc) is 3.45. The molecule has 0 N–H and O–H groups in total. The van der Waals surface area contributed by atoms with Gasteiger partial charge in [-0.25, -0.2) is 0 Å². The number of amides is 4. The van der Waals surface area contributed by atoms with Gasteiger partial charge in [0.2, 0.25) is 23.6 Å². The lowest BCUT2D eigenvalue weighted by Gasteiger charge is -2.31. The number of hydrogen-bond acceptors (Lipinski definition) is 6. The molecule has 5 aliphatic rings. The molecule has 0 radical (unpaired) electrons. The second-order valence-corrected chi connectivity index (χ2v) is 9.29. The molecule has 0 bridgehead atoms. The lowest BCUT2D eigenvalue weighted by molar-refractivity contribution is -0.146. The van der Waals surface area contributed by atoms with Gasteiger partial charge in [-0.1, -0.05) is 24.3 Å². The summed E-state index contributed by atoms with van der Waals surface area (Å²) in [7, 11) is 0. The Balaban J connectivity index is 1.33. The molecule has 2 aliphatic carbocycles. The Bertz CT molecular complexity index is 734. The smallest absolute Gasteiger partial charge is 0.234 e. The molecule has 0 saturated carbocycles. The molecule has 4 amide bonds. The Hall–Kier alpha value is -2.32. The van der Waals surface area contributed by atoms with Crippen LogP contribution in [0.2, 0.25) is 0 Å². The van der Waals surface area contributed by atoms with E-state index in [1.807, 2.05) is 29.2 Å². The fourth-order valence-corrected chi connectivity index (χ4v) is 5.65. The summed E-state index contributed by atoms with van der Waals surface area (Å²) in [5.41, 5.74) is 0. The summed E-state index contributed by atoms with van der Waals surface area (Å²) in [6.07, 6.45) is 12.1. The van der Waals surface area contributed by atoms with Crippen molar-refractivity contribution in [2.75, 3.05) is 26.5 Å². The quantitative estimate of drug-likeness (QED) is 0.469. The van der Waals surface area contributed by atoms with E-state index in [9.17, 15) is 19.2 Å². The van der Waals surface area contributed by atoms with Crippen molar-refractivity contribution in [1.29, 1.82) is 0 Å². The molecule has 8 heteroatoms. The first-order chi connectivity index (χ1) is 15.0. The van der Waals surface area contributed by atoms with Gasteiger partial charge in [-0.3, -0.25) is 33.9 Å². The van der Waals surface area contributed by atoms with Crippen LogP contribution in [0.15, 0.2) is 24.3 Å². The van der Waals surface area contributed by atoms with Crippen molar-refractivity contribution in [3.63, 3.8) is 0 Å². The molecule has 166 valence electrons. The summed E-state index contributed by atoms with van der Waals surface area (Å²) in [5.74, 6) is -1.72. The van der Waals surface area contributed by atoms with E-state index in [1.54, 1.807) is 0 Å². The van der Waals surface area contributed by atoms with Crippen LogP contribution in [-0.4, -0.2) is 70.9 Å². The lowest BCUT2D eigenvalue weighted by Crippen LogP contribution is -2.50. The lowest BCUT2D eigenvalue weighted by atomic mass is 9.85. The number of carbonyl (C=O) groups is 4. The average molecular weight is 428 g/mol. The van der Waals surface area contributed by atoms with Crippen LogP contribution < -0.4 is 0 Å². The van der Waals surface area contributed by atoms with Gasteiger partial charge >= 0.3 is 0 Å². The molecule has 3 fully saturated rings. The minimum Gasteiger partial charge on any atom is -0.377 e. The zero-order valence-electron chi connectivity index (χ0n) is 17.7. The Morgan fingerprint density at radius 3 is 1.52 bits per heavy atom. The van der Waals surface area contributed by atoms with Crippen molar-refractivity contribution in [1.82, 2.24) is 14.7 Å². The molecule has 5 atom stereocenters. The van der Waals surface area contributed by atoms with Gasteiger partial charge in [0, 0.05) is 13.2 Å². The highest BCUT2D eigenvalue weighted by Gasteiger charge is 2.50. The Morgan fingerprint density at radius 1 is 0.742 bits per heavy atom. The number of fused-ring (bicyclic) bond motifs is 2. The first kappa shape index (κ1) is 20.6. The molecule has 0 aromatic carbocycles. The molecule has 3 heterocycles. The van der Waals surface area contributed by atoms with E-state index in [1.165, 1.54) is 9.80 Å². The van der Waals surface area contributed by atoms with E-state index in [0.717, 1.165) is 12.8 Å². The largest absolute Gasteiger partial charge is 0.377 e. The fourth-order valence-electron chi connectivity index (χ4n) is 5.65. The maximum absolute atomic E-state index is 13.0. The molecule has 8 nitrogen and oxygen atoms in total. The fraction of sp³-hybridized carbons (Fsp3) is 0.652. The van der Waals surface area contributed by atoms with Gasteiger partial charge < -0.3 is 4.74 Å². The number of hydrogen-bond donors (Lipinski definition) is 0. The molecule has 5 unspecified atom stereocenters. The molecule has 3 saturated heterocycles. The highest BCUT2D eigenvalue weighted by atomic mass is 16.5. The van der Waals surface area contributed by atoms with Crippen LogP contribution in [0, 0.1) is 23.7 Å². The summed E-state index contributed by atoms with van der Waals surface area (Å²) in [6.45, 7) is 1.35.